The molecule has 0 bridgehead atoms. The summed E-state index contributed by atoms with van der Waals surface area (Å²) in [5.41, 5.74) is 9.35. The number of hydrogen-bond donors (Lipinski definition) is 4. The van der Waals surface area contributed by atoms with Gasteiger partial charge in [-0.15, -0.1) is 0 Å². The van der Waals surface area contributed by atoms with Crippen molar-refractivity contribution in [3.8, 4) is 11.1 Å². The molecule has 41 heavy (non-hydrogen) atoms. The maximum atomic E-state index is 14.3. The predicted octanol–water partition coefficient (Wildman–Crippen LogP) is 3.75. The minimum absolute atomic E-state index is 0.0578. The van der Waals surface area contributed by atoms with Crippen LogP contribution in [-0.4, -0.2) is 35.7 Å². The molecule has 0 atom stereocenters. The second-order valence-corrected chi connectivity index (χ2v) is 10.6. The molecule has 0 aliphatic heterocycles. The average Bonchev–Trinajstić information content (AvgIpc) is 3.88. The van der Waals surface area contributed by atoms with Crippen molar-refractivity contribution in [1.29, 1.82) is 0 Å². The van der Waals surface area contributed by atoms with E-state index >= 15 is 0 Å². The maximum absolute atomic E-state index is 14.3. The van der Waals surface area contributed by atoms with Gasteiger partial charge in [-0.1, -0.05) is 0 Å². The normalized spacial score (nSPS) is 15.2. The van der Waals surface area contributed by atoms with E-state index in [1.807, 2.05) is 12.3 Å². The van der Waals surface area contributed by atoms with Gasteiger partial charge < -0.3 is 25.7 Å². The monoisotopic (exact) mass is 561 g/mol. The summed E-state index contributed by atoms with van der Waals surface area (Å²) in [5, 5.41) is 7.45. The van der Waals surface area contributed by atoms with Gasteiger partial charge in [0.25, 0.3) is 11.5 Å². The summed E-state index contributed by atoms with van der Waals surface area (Å²) in [7, 11) is 1.64. The highest BCUT2D eigenvalue weighted by Crippen LogP contribution is 2.42. The Morgan fingerprint density at radius 2 is 2.00 bits per heavy atom. The highest BCUT2D eigenvalue weighted by atomic mass is 19.1. The topological polar surface area (TPSA) is 141 Å². The van der Waals surface area contributed by atoms with Crippen LogP contribution in [0.1, 0.15) is 66.2 Å². The molecule has 2 aliphatic rings. The molecule has 0 unspecified atom stereocenters. The van der Waals surface area contributed by atoms with Crippen molar-refractivity contribution in [2.75, 3.05) is 30.6 Å². The minimum Gasteiger partial charge on any atom is -0.403 e. The lowest BCUT2D eigenvalue weighted by molar-refractivity contribution is 0.102. The Hall–Kier alpha value is -4.06. The van der Waals surface area contributed by atoms with Crippen LogP contribution in [-0.2, 0) is 11.3 Å². The molecule has 216 valence electrons. The van der Waals surface area contributed by atoms with Crippen molar-refractivity contribution in [3.05, 3.63) is 87.5 Å². The van der Waals surface area contributed by atoms with E-state index in [0.29, 0.717) is 48.0 Å². The van der Waals surface area contributed by atoms with Crippen LogP contribution in [0.5, 0.6) is 0 Å². The molecule has 2 heterocycles. The SMILES string of the molecule is COCCNCc1cc(C(=O)Nc2cc(-c3ccc(F)cc3N(N)/C(C)=C\N)cc(C3CC3)n2)c(=O)n(C2CC2)c1. The van der Waals surface area contributed by atoms with Crippen LogP contribution in [0.3, 0.4) is 0 Å². The number of hydrogen-bond acceptors (Lipinski definition) is 8. The van der Waals surface area contributed by atoms with Crippen LogP contribution in [0.2, 0.25) is 0 Å². The van der Waals surface area contributed by atoms with E-state index < -0.39 is 11.7 Å². The molecule has 11 heteroatoms. The van der Waals surface area contributed by atoms with Gasteiger partial charge in [-0.25, -0.2) is 15.2 Å². The smallest absolute Gasteiger partial charge is 0.263 e. The fourth-order valence-corrected chi connectivity index (χ4v) is 4.71. The molecule has 2 fully saturated rings. The Morgan fingerprint density at radius 1 is 1.22 bits per heavy atom. The summed E-state index contributed by atoms with van der Waals surface area (Å²) in [6.45, 7) is 3.42. The molecular weight excluding hydrogens is 525 g/mol. The highest BCUT2D eigenvalue weighted by molar-refractivity contribution is 6.04. The zero-order chi connectivity index (χ0) is 29.1. The largest absolute Gasteiger partial charge is 0.403 e. The highest BCUT2D eigenvalue weighted by Gasteiger charge is 2.29. The molecule has 3 aromatic rings. The number of benzene rings is 1. The van der Waals surface area contributed by atoms with Gasteiger partial charge in [-0.3, -0.25) is 14.6 Å². The molecule has 0 radical (unpaired) electrons. The van der Waals surface area contributed by atoms with Gasteiger partial charge in [0.2, 0.25) is 0 Å². The quantitative estimate of drug-likeness (QED) is 0.149. The van der Waals surface area contributed by atoms with Crippen LogP contribution in [0.4, 0.5) is 15.9 Å². The van der Waals surface area contributed by atoms with Crippen LogP contribution >= 0.6 is 0 Å². The first-order valence-corrected chi connectivity index (χ1v) is 13.8. The number of carbonyl (C=O) groups excluding carboxylic acids is 1. The number of carbonyl (C=O) groups is 1. The first-order valence-electron chi connectivity index (χ1n) is 13.8. The van der Waals surface area contributed by atoms with Crippen LogP contribution in [0.25, 0.3) is 11.1 Å². The van der Waals surface area contributed by atoms with Crippen LogP contribution in [0, 0.1) is 5.82 Å². The summed E-state index contributed by atoms with van der Waals surface area (Å²) < 4.78 is 21.0. The van der Waals surface area contributed by atoms with E-state index in [-0.39, 0.29) is 23.1 Å². The Morgan fingerprint density at radius 3 is 2.68 bits per heavy atom. The number of halogens is 1. The van der Waals surface area contributed by atoms with E-state index in [1.165, 1.54) is 23.3 Å². The third-order valence-corrected chi connectivity index (χ3v) is 7.33. The fraction of sp³-hybridized carbons (Fsp3) is 0.367. The average molecular weight is 562 g/mol. The summed E-state index contributed by atoms with van der Waals surface area (Å²) in [6.07, 6.45) is 6.97. The minimum atomic E-state index is -0.531. The van der Waals surface area contributed by atoms with E-state index in [2.05, 4.69) is 10.6 Å². The Bertz CT molecular complexity index is 1530. The maximum Gasteiger partial charge on any atom is 0.263 e. The number of allylic oxidation sites excluding steroid dienone is 1. The molecule has 5 rings (SSSR count). The molecule has 1 aromatic carbocycles. The van der Waals surface area contributed by atoms with Crippen LogP contribution < -0.4 is 32.8 Å². The Balaban J connectivity index is 1.49. The van der Waals surface area contributed by atoms with Gasteiger partial charge in [-0.05, 0) is 80.1 Å². The molecule has 2 saturated carbocycles. The molecular formula is C30H36FN7O3. The number of ether oxygens (including phenoxy) is 1. The number of rotatable bonds is 12. The standard InChI is InChI=1S/C30H36FN7O3/c1-18(15-32)38(33)27-14-22(31)5-8-24(27)21-12-26(20-3-4-20)35-28(13-21)36-29(39)25-11-19(16-34-9-10-41-2)17-37(30(25)40)23-6-7-23/h5,8,11-15,17,20,23,34H,3-4,6-7,9-10,16,32-33H2,1-2H3,(H,35,36,39)/b18-15-. The summed E-state index contributed by atoms with van der Waals surface area (Å²) in [4.78, 5) is 31.6. The zero-order valence-corrected chi connectivity index (χ0v) is 23.3. The van der Waals surface area contributed by atoms with Gasteiger partial charge >= 0.3 is 0 Å². The van der Waals surface area contributed by atoms with Gasteiger partial charge in [0.1, 0.15) is 17.2 Å². The number of hydrazine groups is 1. The first-order chi connectivity index (χ1) is 19.8. The van der Waals surface area contributed by atoms with Crippen molar-refractivity contribution in [1.82, 2.24) is 14.9 Å². The summed E-state index contributed by atoms with van der Waals surface area (Å²) in [6, 6.07) is 9.73. The summed E-state index contributed by atoms with van der Waals surface area (Å²) in [5.74, 6) is 5.87. The molecule has 2 aliphatic carbocycles. The van der Waals surface area contributed by atoms with Crippen LogP contribution in [0.15, 0.2) is 59.3 Å². The molecule has 0 saturated heterocycles. The number of methoxy groups -OCH3 is 1. The molecule has 0 spiro atoms. The number of aromatic nitrogens is 2. The summed E-state index contributed by atoms with van der Waals surface area (Å²) >= 11 is 0. The van der Waals surface area contributed by atoms with E-state index in [4.69, 9.17) is 21.3 Å². The van der Waals surface area contributed by atoms with Gasteiger partial charge in [-0.2, -0.15) is 0 Å². The van der Waals surface area contributed by atoms with E-state index in [9.17, 15) is 14.0 Å². The number of amides is 1. The zero-order valence-electron chi connectivity index (χ0n) is 23.3. The molecule has 10 nitrogen and oxygen atoms in total. The van der Waals surface area contributed by atoms with Gasteiger partial charge in [0.05, 0.1) is 12.3 Å². The third kappa shape index (κ3) is 6.64. The van der Waals surface area contributed by atoms with Gasteiger partial charge in [0, 0.05) is 61.5 Å². The van der Waals surface area contributed by atoms with Crippen molar-refractivity contribution in [2.45, 2.75) is 51.1 Å². The number of nitrogens with zero attached hydrogens (tertiary/aromatic N) is 3. The predicted molar refractivity (Wildman–Crippen MR) is 157 cm³/mol. The van der Waals surface area contributed by atoms with Crippen molar-refractivity contribution in [2.24, 2.45) is 11.6 Å². The Kier molecular flexibility index (Phi) is 8.48. The lowest BCUT2D eigenvalue weighted by atomic mass is 10.0. The number of anilines is 2. The van der Waals surface area contributed by atoms with Crippen molar-refractivity contribution < 1.29 is 13.9 Å². The lowest BCUT2D eigenvalue weighted by Crippen LogP contribution is -2.30. The van der Waals surface area contributed by atoms with Crippen molar-refractivity contribution >= 4 is 17.4 Å². The van der Waals surface area contributed by atoms with E-state index in [0.717, 1.165) is 36.9 Å². The molecule has 1 amide bonds. The number of nitrogens with one attached hydrogen (secondary N) is 2. The first kappa shape index (κ1) is 28.5. The fourth-order valence-electron chi connectivity index (χ4n) is 4.71. The molecule has 6 N–H and O–H groups in total. The number of nitrogens with two attached hydrogens (primary N) is 2. The van der Waals surface area contributed by atoms with Crippen molar-refractivity contribution in [3.63, 3.8) is 0 Å². The second-order valence-electron chi connectivity index (χ2n) is 10.6. The van der Waals surface area contributed by atoms with E-state index in [1.54, 1.807) is 36.8 Å². The second kappa shape index (κ2) is 12.2. The number of pyridine rings is 2. The lowest BCUT2D eigenvalue weighted by Gasteiger charge is -2.23. The molecule has 2 aromatic heterocycles. The van der Waals surface area contributed by atoms with Gasteiger partial charge in [0.15, 0.2) is 0 Å². The Labute approximate surface area is 238 Å². The third-order valence-electron chi connectivity index (χ3n) is 7.33.